The van der Waals surface area contributed by atoms with E-state index in [4.69, 9.17) is 5.73 Å². The molecule has 1 aromatic heterocycles. The lowest BCUT2D eigenvalue weighted by Gasteiger charge is -2.05. The summed E-state index contributed by atoms with van der Waals surface area (Å²) in [5, 5.41) is 0.977. The maximum atomic E-state index is 14.1. The molecule has 0 aliphatic carbocycles. The van der Waals surface area contributed by atoms with Crippen LogP contribution in [-0.4, -0.2) is 11.5 Å². The van der Waals surface area contributed by atoms with Gasteiger partial charge in [0.05, 0.1) is 5.52 Å². The summed E-state index contributed by atoms with van der Waals surface area (Å²) < 4.78 is 15.3. The summed E-state index contributed by atoms with van der Waals surface area (Å²) in [6.07, 6.45) is 2.90. The van der Waals surface area contributed by atoms with Crippen molar-refractivity contribution in [3.05, 3.63) is 57.4 Å². The van der Waals surface area contributed by atoms with Crippen molar-refractivity contribution in [1.82, 2.24) is 4.98 Å². The van der Waals surface area contributed by atoms with Gasteiger partial charge >= 0.3 is 0 Å². The highest BCUT2D eigenvalue weighted by Gasteiger charge is 2.15. The number of aromatic nitrogens is 1. The number of rotatable bonds is 5. The van der Waals surface area contributed by atoms with Gasteiger partial charge < -0.3 is 10.7 Å². The van der Waals surface area contributed by atoms with Gasteiger partial charge in [-0.15, -0.1) is 0 Å². The number of hydrogen-bond acceptors (Lipinski definition) is 1. The second-order valence-electron chi connectivity index (χ2n) is 5.39. The minimum atomic E-state index is -0.200. The van der Waals surface area contributed by atoms with Crippen LogP contribution in [0.4, 0.5) is 4.39 Å². The Bertz CT molecular complexity index is 778. The molecular formula is C18H18FIN2. The van der Waals surface area contributed by atoms with Crippen molar-refractivity contribution in [2.45, 2.75) is 19.3 Å². The number of fused-ring (bicyclic) bond motifs is 1. The van der Waals surface area contributed by atoms with Gasteiger partial charge in [-0.2, -0.15) is 0 Å². The summed E-state index contributed by atoms with van der Waals surface area (Å²) in [5.74, 6) is -0.200. The van der Waals surface area contributed by atoms with Crippen LogP contribution in [0.15, 0.2) is 42.5 Å². The Morgan fingerprint density at radius 2 is 1.82 bits per heavy atom. The number of nitrogens with one attached hydrogen (secondary N) is 1. The van der Waals surface area contributed by atoms with Crippen LogP contribution in [0.2, 0.25) is 0 Å². The molecule has 0 atom stereocenters. The average Bonchev–Trinajstić information content (AvgIpc) is 2.89. The number of H-pyrrole nitrogens is 1. The molecule has 0 saturated heterocycles. The maximum Gasteiger partial charge on any atom is 0.147 e. The molecule has 2 aromatic carbocycles. The summed E-state index contributed by atoms with van der Waals surface area (Å²) in [6, 6.07) is 13.6. The zero-order valence-corrected chi connectivity index (χ0v) is 14.4. The summed E-state index contributed by atoms with van der Waals surface area (Å²) in [7, 11) is 0. The molecule has 0 bridgehead atoms. The standard InChI is InChI=1S/C18H18FIN2/c19-16-6-3-5-15-14(4-1-2-11-21)17(22-18(15)16)12-7-9-13(20)10-8-12/h3,5-10,22H,1-2,4,11,21H2. The van der Waals surface area contributed by atoms with Crippen LogP contribution in [0.3, 0.4) is 0 Å². The van der Waals surface area contributed by atoms with Crippen LogP contribution < -0.4 is 5.73 Å². The third-order valence-electron chi connectivity index (χ3n) is 3.90. The fourth-order valence-electron chi connectivity index (χ4n) is 2.81. The summed E-state index contributed by atoms with van der Waals surface area (Å²) in [5.41, 5.74) is 9.50. The first kappa shape index (κ1) is 15.5. The topological polar surface area (TPSA) is 41.8 Å². The van der Waals surface area contributed by atoms with E-state index < -0.39 is 0 Å². The van der Waals surface area contributed by atoms with Crippen molar-refractivity contribution in [3.63, 3.8) is 0 Å². The Kier molecular flexibility index (Phi) is 4.78. The van der Waals surface area contributed by atoms with Gasteiger partial charge in [0.25, 0.3) is 0 Å². The minimum Gasteiger partial charge on any atom is -0.352 e. The highest BCUT2D eigenvalue weighted by atomic mass is 127. The molecule has 3 N–H and O–H groups in total. The Labute approximate surface area is 143 Å². The Balaban J connectivity index is 2.12. The number of aromatic amines is 1. The third-order valence-corrected chi connectivity index (χ3v) is 4.62. The van der Waals surface area contributed by atoms with E-state index in [-0.39, 0.29) is 5.82 Å². The van der Waals surface area contributed by atoms with E-state index in [1.54, 1.807) is 6.07 Å². The van der Waals surface area contributed by atoms with Crippen LogP contribution in [0.1, 0.15) is 18.4 Å². The van der Waals surface area contributed by atoms with Crippen LogP contribution in [0.25, 0.3) is 22.2 Å². The summed E-state index contributed by atoms with van der Waals surface area (Å²) >= 11 is 2.29. The van der Waals surface area contributed by atoms with Crippen molar-refractivity contribution >= 4 is 33.5 Å². The van der Waals surface area contributed by atoms with Crippen molar-refractivity contribution in [2.24, 2.45) is 5.73 Å². The van der Waals surface area contributed by atoms with Crippen LogP contribution in [0, 0.1) is 9.39 Å². The molecule has 1 heterocycles. The van der Waals surface area contributed by atoms with Gasteiger partial charge in [-0.1, -0.05) is 24.3 Å². The molecule has 0 amide bonds. The van der Waals surface area contributed by atoms with Crippen LogP contribution in [-0.2, 0) is 6.42 Å². The van der Waals surface area contributed by atoms with Crippen molar-refractivity contribution in [1.29, 1.82) is 0 Å². The third kappa shape index (κ3) is 3.03. The van der Waals surface area contributed by atoms with Gasteiger partial charge in [0.15, 0.2) is 0 Å². The lowest BCUT2D eigenvalue weighted by molar-refractivity contribution is 0.637. The Morgan fingerprint density at radius 3 is 2.55 bits per heavy atom. The lowest BCUT2D eigenvalue weighted by Crippen LogP contribution is -1.99. The zero-order valence-electron chi connectivity index (χ0n) is 12.2. The molecule has 114 valence electrons. The molecule has 3 rings (SSSR count). The first-order valence-corrected chi connectivity index (χ1v) is 8.53. The van der Waals surface area contributed by atoms with Crippen molar-refractivity contribution in [2.75, 3.05) is 6.54 Å². The van der Waals surface area contributed by atoms with E-state index in [1.165, 1.54) is 15.2 Å². The summed E-state index contributed by atoms with van der Waals surface area (Å²) in [4.78, 5) is 3.29. The monoisotopic (exact) mass is 408 g/mol. The van der Waals surface area contributed by atoms with E-state index in [9.17, 15) is 4.39 Å². The molecule has 0 fully saturated rings. The average molecular weight is 408 g/mol. The first-order chi connectivity index (χ1) is 10.7. The molecule has 0 radical (unpaired) electrons. The normalized spacial score (nSPS) is 11.2. The molecule has 0 aliphatic rings. The molecule has 3 aromatic rings. The zero-order chi connectivity index (χ0) is 15.5. The predicted molar refractivity (Wildman–Crippen MR) is 98.4 cm³/mol. The molecule has 0 aliphatic heterocycles. The van der Waals surface area contributed by atoms with E-state index in [2.05, 4.69) is 51.8 Å². The molecule has 0 unspecified atom stereocenters. The number of aryl methyl sites for hydroxylation is 1. The van der Waals surface area contributed by atoms with E-state index in [0.29, 0.717) is 12.1 Å². The van der Waals surface area contributed by atoms with Gasteiger partial charge in [-0.05, 0) is 77.7 Å². The minimum absolute atomic E-state index is 0.200. The molecule has 22 heavy (non-hydrogen) atoms. The maximum absolute atomic E-state index is 14.1. The second-order valence-corrected chi connectivity index (χ2v) is 6.64. The van der Waals surface area contributed by atoms with Gasteiger partial charge in [-0.3, -0.25) is 0 Å². The SMILES string of the molecule is NCCCCc1c(-c2ccc(I)cc2)[nH]c2c(F)cccc12. The summed E-state index contributed by atoms with van der Waals surface area (Å²) in [6.45, 7) is 0.690. The number of unbranched alkanes of at least 4 members (excludes halogenated alkanes) is 1. The quantitative estimate of drug-likeness (QED) is 0.460. The number of halogens is 2. The highest BCUT2D eigenvalue weighted by molar-refractivity contribution is 14.1. The smallest absolute Gasteiger partial charge is 0.147 e. The van der Waals surface area contributed by atoms with Crippen molar-refractivity contribution < 1.29 is 4.39 Å². The van der Waals surface area contributed by atoms with E-state index in [1.807, 2.05) is 6.07 Å². The van der Waals surface area contributed by atoms with E-state index >= 15 is 0 Å². The Hall–Kier alpha value is -1.40. The number of para-hydroxylation sites is 1. The molecule has 0 saturated carbocycles. The molecule has 4 heteroatoms. The lowest BCUT2D eigenvalue weighted by atomic mass is 10.0. The largest absolute Gasteiger partial charge is 0.352 e. The Morgan fingerprint density at radius 1 is 1.05 bits per heavy atom. The molecule has 0 spiro atoms. The number of nitrogens with two attached hydrogens (primary N) is 1. The predicted octanol–water partition coefficient (Wildman–Crippen LogP) is 4.86. The fraction of sp³-hybridized carbons (Fsp3) is 0.222. The van der Waals surface area contributed by atoms with Crippen molar-refractivity contribution in [3.8, 4) is 11.3 Å². The van der Waals surface area contributed by atoms with Gasteiger partial charge in [0, 0.05) is 14.7 Å². The van der Waals surface area contributed by atoms with Gasteiger partial charge in [-0.25, -0.2) is 4.39 Å². The number of hydrogen-bond donors (Lipinski definition) is 2. The second kappa shape index (κ2) is 6.79. The number of benzene rings is 2. The fourth-order valence-corrected chi connectivity index (χ4v) is 3.17. The highest BCUT2D eigenvalue weighted by Crippen LogP contribution is 2.33. The molecular weight excluding hydrogens is 390 g/mol. The van der Waals surface area contributed by atoms with Crippen LogP contribution in [0.5, 0.6) is 0 Å². The van der Waals surface area contributed by atoms with Gasteiger partial charge in [0.2, 0.25) is 0 Å². The molecule has 2 nitrogen and oxygen atoms in total. The first-order valence-electron chi connectivity index (χ1n) is 7.46. The van der Waals surface area contributed by atoms with Gasteiger partial charge in [0.1, 0.15) is 5.82 Å². The van der Waals surface area contributed by atoms with Crippen LogP contribution >= 0.6 is 22.6 Å². The van der Waals surface area contributed by atoms with E-state index in [0.717, 1.165) is 35.9 Å².